The molecule has 1 amide bonds. The Morgan fingerprint density at radius 3 is 2.95 bits per heavy atom. The third-order valence-corrected chi connectivity index (χ3v) is 3.87. The lowest BCUT2D eigenvalue weighted by molar-refractivity contribution is -0.0858. The van der Waals surface area contributed by atoms with Gasteiger partial charge in [0, 0.05) is 22.6 Å². The number of aliphatic hydroxyl groups is 1. The first-order valence-electron chi connectivity index (χ1n) is 6.02. The zero-order valence-electron chi connectivity index (χ0n) is 10.5. The number of aliphatic hydroxyl groups excluding tert-OH is 1. The van der Waals surface area contributed by atoms with Gasteiger partial charge < -0.3 is 14.7 Å². The molecule has 4 nitrogen and oxygen atoms in total. The fourth-order valence-electron chi connectivity index (χ4n) is 2.15. The molecule has 0 saturated carbocycles. The van der Waals surface area contributed by atoms with Gasteiger partial charge in [0.1, 0.15) is 0 Å². The van der Waals surface area contributed by atoms with E-state index in [1.807, 2.05) is 6.92 Å². The van der Waals surface area contributed by atoms with Crippen molar-refractivity contribution >= 4 is 33.4 Å². The summed E-state index contributed by atoms with van der Waals surface area (Å²) in [5, 5.41) is 9.76. The predicted molar refractivity (Wildman–Crippen MR) is 76.5 cm³/mol. The monoisotopic (exact) mass is 347 g/mol. The van der Waals surface area contributed by atoms with Gasteiger partial charge in [-0.25, -0.2) is 0 Å². The zero-order valence-corrected chi connectivity index (χ0v) is 12.8. The minimum atomic E-state index is -0.321. The normalized spacial score (nSPS) is 23.5. The molecular weight excluding hydrogens is 334 g/mol. The van der Waals surface area contributed by atoms with E-state index in [1.54, 1.807) is 23.1 Å². The lowest BCUT2D eigenvalue weighted by Crippen LogP contribution is -2.50. The Hall–Kier alpha value is -0.620. The van der Waals surface area contributed by atoms with Gasteiger partial charge in [-0.1, -0.05) is 11.6 Å². The molecule has 1 aromatic rings. The zero-order chi connectivity index (χ0) is 14.0. The summed E-state index contributed by atoms with van der Waals surface area (Å²) in [6.45, 7) is 2.72. The molecule has 104 valence electrons. The first kappa shape index (κ1) is 14.8. The van der Waals surface area contributed by atoms with Crippen molar-refractivity contribution in [3.63, 3.8) is 0 Å². The van der Waals surface area contributed by atoms with Crippen LogP contribution in [0.2, 0.25) is 5.02 Å². The van der Waals surface area contributed by atoms with E-state index >= 15 is 0 Å². The number of morpholine rings is 1. The Bertz CT molecular complexity index is 483. The number of rotatable bonds is 2. The molecule has 0 bridgehead atoms. The molecular formula is C13H15BrClNO3. The highest BCUT2D eigenvalue weighted by molar-refractivity contribution is 9.10. The van der Waals surface area contributed by atoms with Crippen molar-refractivity contribution in [2.75, 3.05) is 19.7 Å². The molecule has 1 N–H and O–H groups in total. The minimum Gasteiger partial charge on any atom is -0.394 e. The smallest absolute Gasteiger partial charge is 0.255 e. The largest absolute Gasteiger partial charge is 0.394 e. The lowest BCUT2D eigenvalue weighted by atomic mass is 10.1. The van der Waals surface area contributed by atoms with E-state index in [0.29, 0.717) is 28.1 Å². The molecule has 1 saturated heterocycles. The van der Waals surface area contributed by atoms with Crippen LogP contribution < -0.4 is 0 Å². The number of ether oxygens (including phenoxy) is 1. The number of nitrogens with zero attached hydrogens (tertiary/aromatic N) is 1. The molecule has 0 aliphatic carbocycles. The summed E-state index contributed by atoms with van der Waals surface area (Å²) in [4.78, 5) is 14.2. The third kappa shape index (κ3) is 3.48. The SMILES string of the molecule is CC1CN(C(=O)c2ccc(Cl)cc2Br)CC(CO)O1. The fraction of sp³-hybridized carbons (Fsp3) is 0.462. The molecule has 19 heavy (non-hydrogen) atoms. The van der Waals surface area contributed by atoms with Crippen molar-refractivity contribution in [1.82, 2.24) is 4.90 Å². The minimum absolute atomic E-state index is 0.0825. The second kappa shape index (κ2) is 6.22. The van der Waals surface area contributed by atoms with Gasteiger partial charge in [-0.05, 0) is 41.1 Å². The molecule has 0 spiro atoms. The number of hydrogen-bond acceptors (Lipinski definition) is 3. The van der Waals surface area contributed by atoms with Crippen molar-refractivity contribution < 1.29 is 14.6 Å². The molecule has 1 aliphatic heterocycles. The Morgan fingerprint density at radius 2 is 2.32 bits per heavy atom. The maximum atomic E-state index is 12.5. The molecule has 2 rings (SSSR count). The molecule has 1 fully saturated rings. The lowest BCUT2D eigenvalue weighted by Gasteiger charge is -2.36. The first-order chi connectivity index (χ1) is 9.01. The summed E-state index contributed by atoms with van der Waals surface area (Å²) in [5.41, 5.74) is 0.565. The predicted octanol–water partition coefficient (Wildman–Crippen LogP) is 2.32. The van der Waals surface area contributed by atoms with Crippen molar-refractivity contribution in [1.29, 1.82) is 0 Å². The molecule has 1 aliphatic rings. The van der Waals surface area contributed by atoms with Crippen LogP contribution in [-0.4, -0.2) is 47.8 Å². The van der Waals surface area contributed by atoms with Gasteiger partial charge in [-0.15, -0.1) is 0 Å². The topological polar surface area (TPSA) is 49.8 Å². The van der Waals surface area contributed by atoms with Gasteiger partial charge in [0.2, 0.25) is 0 Å². The molecule has 0 radical (unpaired) electrons. The van der Waals surface area contributed by atoms with Gasteiger partial charge in [-0.2, -0.15) is 0 Å². The number of amides is 1. The van der Waals surface area contributed by atoms with E-state index in [2.05, 4.69) is 15.9 Å². The average molecular weight is 349 g/mol. The molecule has 0 aromatic heterocycles. The van der Waals surface area contributed by atoms with Crippen molar-refractivity contribution in [2.45, 2.75) is 19.1 Å². The second-order valence-corrected chi connectivity index (χ2v) is 5.88. The van der Waals surface area contributed by atoms with Crippen LogP contribution in [0.3, 0.4) is 0 Å². The summed E-state index contributed by atoms with van der Waals surface area (Å²) in [5.74, 6) is -0.0860. The van der Waals surface area contributed by atoms with Crippen molar-refractivity contribution in [2.24, 2.45) is 0 Å². The Labute approximate surface area is 125 Å². The number of halogens is 2. The van der Waals surface area contributed by atoms with Crippen LogP contribution in [0.15, 0.2) is 22.7 Å². The van der Waals surface area contributed by atoms with Crippen LogP contribution in [0.5, 0.6) is 0 Å². The highest BCUT2D eigenvalue weighted by Gasteiger charge is 2.29. The molecule has 2 atom stereocenters. The van der Waals surface area contributed by atoms with Gasteiger partial charge in [-0.3, -0.25) is 4.79 Å². The Balaban J connectivity index is 2.18. The van der Waals surface area contributed by atoms with E-state index in [4.69, 9.17) is 16.3 Å². The van der Waals surface area contributed by atoms with Crippen LogP contribution >= 0.6 is 27.5 Å². The highest BCUT2D eigenvalue weighted by atomic mass is 79.9. The second-order valence-electron chi connectivity index (χ2n) is 4.59. The van der Waals surface area contributed by atoms with Gasteiger partial charge in [0.25, 0.3) is 5.91 Å². The maximum absolute atomic E-state index is 12.5. The summed E-state index contributed by atoms with van der Waals surface area (Å²) >= 11 is 9.22. The quantitative estimate of drug-likeness (QED) is 0.892. The average Bonchev–Trinajstić information content (AvgIpc) is 2.37. The van der Waals surface area contributed by atoms with Crippen molar-refractivity contribution in [3.05, 3.63) is 33.3 Å². The summed E-state index contributed by atoms with van der Waals surface area (Å²) in [7, 11) is 0. The first-order valence-corrected chi connectivity index (χ1v) is 7.19. The van der Waals surface area contributed by atoms with Crippen LogP contribution in [0.1, 0.15) is 17.3 Å². The summed E-state index contributed by atoms with van der Waals surface area (Å²) in [6, 6.07) is 5.08. The van der Waals surface area contributed by atoms with Crippen LogP contribution in [0.4, 0.5) is 0 Å². The standard InChI is InChI=1S/C13H15BrClNO3/c1-8-5-16(6-10(7-17)19-8)13(18)11-3-2-9(15)4-12(11)14/h2-4,8,10,17H,5-7H2,1H3. The number of carbonyl (C=O) groups is 1. The van der Waals surface area contributed by atoms with Gasteiger partial charge >= 0.3 is 0 Å². The maximum Gasteiger partial charge on any atom is 0.255 e. The number of benzene rings is 1. The van der Waals surface area contributed by atoms with Crippen LogP contribution in [-0.2, 0) is 4.74 Å². The van der Waals surface area contributed by atoms with Crippen molar-refractivity contribution in [3.8, 4) is 0 Å². The Morgan fingerprint density at radius 1 is 1.58 bits per heavy atom. The highest BCUT2D eigenvalue weighted by Crippen LogP contribution is 2.24. The molecule has 1 aromatic carbocycles. The molecule has 1 heterocycles. The van der Waals surface area contributed by atoms with E-state index in [9.17, 15) is 9.90 Å². The third-order valence-electron chi connectivity index (χ3n) is 2.98. The van der Waals surface area contributed by atoms with E-state index < -0.39 is 0 Å². The molecule has 2 unspecified atom stereocenters. The number of hydrogen-bond donors (Lipinski definition) is 1. The Kier molecular flexibility index (Phi) is 4.84. The van der Waals surface area contributed by atoms with Gasteiger partial charge in [0.15, 0.2) is 0 Å². The summed E-state index contributed by atoms with van der Waals surface area (Å²) in [6.07, 6.45) is -0.403. The fourth-order valence-corrected chi connectivity index (χ4v) is 3.00. The summed E-state index contributed by atoms with van der Waals surface area (Å²) < 4.78 is 6.20. The van der Waals surface area contributed by atoms with E-state index in [0.717, 1.165) is 0 Å². The molecule has 6 heteroatoms. The number of carbonyl (C=O) groups excluding carboxylic acids is 1. The van der Waals surface area contributed by atoms with Crippen LogP contribution in [0, 0.1) is 0 Å². The van der Waals surface area contributed by atoms with E-state index in [1.165, 1.54) is 0 Å². The van der Waals surface area contributed by atoms with Gasteiger partial charge in [0.05, 0.1) is 24.4 Å². The van der Waals surface area contributed by atoms with Crippen LogP contribution in [0.25, 0.3) is 0 Å². The van der Waals surface area contributed by atoms with E-state index in [-0.39, 0.29) is 24.7 Å².